The van der Waals surface area contributed by atoms with Gasteiger partial charge in [0, 0.05) is 24.8 Å². The highest BCUT2D eigenvalue weighted by Crippen LogP contribution is 2.27. The number of benzene rings is 1. The Kier molecular flexibility index (Phi) is 4.39. The van der Waals surface area contributed by atoms with Gasteiger partial charge in [-0.15, -0.1) is 0 Å². The summed E-state index contributed by atoms with van der Waals surface area (Å²) in [5.74, 6) is 0.610. The molecule has 0 heterocycles. The van der Waals surface area contributed by atoms with Crippen molar-refractivity contribution in [2.75, 3.05) is 23.7 Å². The van der Waals surface area contributed by atoms with Gasteiger partial charge in [0.2, 0.25) is 11.8 Å². The van der Waals surface area contributed by atoms with E-state index in [0.717, 1.165) is 17.9 Å². The molecule has 0 aromatic heterocycles. The minimum absolute atomic E-state index is 0.0119. The summed E-state index contributed by atoms with van der Waals surface area (Å²) in [5.41, 5.74) is 1.60. The molecule has 0 radical (unpaired) electrons. The van der Waals surface area contributed by atoms with E-state index in [4.69, 9.17) is 0 Å². The van der Waals surface area contributed by atoms with Crippen LogP contribution in [0.5, 0.6) is 0 Å². The van der Waals surface area contributed by atoms with E-state index in [9.17, 15) is 9.59 Å². The average Bonchev–Trinajstić information content (AvgIpc) is 3.19. The van der Waals surface area contributed by atoms with Gasteiger partial charge in [-0.05, 0) is 43.0 Å². The fourth-order valence-corrected chi connectivity index (χ4v) is 1.70. The van der Waals surface area contributed by atoms with Crippen molar-refractivity contribution in [1.29, 1.82) is 0 Å². The van der Waals surface area contributed by atoms with Crippen molar-refractivity contribution in [2.24, 2.45) is 5.92 Å². The Morgan fingerprint density at radius 3 is 2.37 bits per heavy atom. The van der Waals surface area contributed by atoms with Gasteiger partial charge in [-0.1, -0.05) is 0 Å². The number of anilines is 2. The van der Waals surface area contributed by atoms with Gasteiger partial charge in [0.05, 0.1) is 6.54 Å². The van der Waals surface area contributed by atoms with Crippen LogP contribution in [0.2, 0.25) is 0 Å². The van der Waals surface area contributed by atoms with Crippen LogP contribution in [0.1, 0.15) is 19.8 Å². The molecule has 2 rings (SSSR count). The number of rotatable bonds is 6. The Balaban J connectivity index is 1.72. The third kappa shape index (κ3) is 4.99. The Hall–Kier alpha value is -2.04. The second-order valence-electron chi connectivity index (χ2n) is 4.86. The van der Waals surface area contributed by atoms with E-state index in [1.54, 1.807) is 12.1 Å². The maximum atomic E-state index is 11.5. The highest BCUT2D eigenvalue weighted by molar-refractivity contribution is 5.88. The van der Waals surface area contributed by atoms with Gasteiger partial charge in [0.15, 0.2) is 0 Å². The minimum Gasteiger partial charge on any atom is -0.376 e. The number of hydrogen-bond donors (Lipinski definition) is 3. The smallest absolute Gasteiger partial charge is 0.239 e. The Morgan fingerprint density at radius 1 is 1.16 bits per heavy atom. The standard InChI is InChI=1S/C14H19N3O2/c1-10(18)17-13-6-4-12(5-7-13)15-9-14(19)16-8-11-2-3-11/h4-7,11,15H,2-3,8-9H2,1H3,(H,16,19)(H,17,18). The van der Waals surface area contributed by atoms with Gasteiger partial charge in [-0.3, -0.25) is 9.59 Å². The van der Waals surface area contributed by atoms with E-state index in [2.05, 4.69) is 16.0 Å². The Bertz CT molecular complexity index is 452. The molecule has 0 spiro atoms. The number of hydrogen-bond acceptors (Lipinski definition) is 3. The normalized spacial score (nSPS) is 13.7. The predicted molar refractivity (Wildman–Crippen MR) is 75.0 cm³/mol. The Morgan fingerprint density at radius 2 is 1.79 bits per heavy atom. The molecule has 0 unspecified atom stereocenters. The van der Waals surface area contributed by atoms with Crippen LogP contribution in [-0.2, 0) is 9.59 Å². The average molecular weight is 261 g/mol. The molecule has 19 heavy (non-hydrogen) atoms. The highest BCUT2D eigenvalue weighted by Gasteiger charge is 2.21. The van der Waals surface area contributed by atoms with E-state index in [1.807, 2.05) is 12.1 Å². The second-order valence-corrected chi connectivity index (χ2v) is 4.86. The van der Waals surface area contributed by atoms with E-state index in [-0.39, 0.29) is 18.4 Å². The third-order valence-electron chi connectivity index (χ3n) is 2.94. The minimum atomic E-state index is -0.0971. The van der Waals surface area contributed by atoms with E-state index >= 15 is 0 Å². The van der Waals surface area contributed by atoms with Gasteiger partial charge in [0.1, 0.15) is 0 Å². The lowest BCUT2D eigenvalue weighted by molar-refractivity contribution is -0.119. The van der Waals surface area contributed by atoms with Gasteiger partial charge < -0.3 is 16.0 Å². The molecule has 1 fully saturated rings. The molecule has 1 aromatic carbocycles. The number of carbonyl (C=O) groups is 2. The zero-order valence-corrected chi connectivity index (χ0v) is 11.0. The molecule has 1 aliphatic rings. The predicted octanol–water partition coefficient (Wildman–Crippen LogP) is 1.58. The van der Waals surface area contributed by atoms with Crippen molar-refractivity contribution in [3.63, 3.8) is 0 Å². The summed E-state index contributed by atoms with van der Waals surface area (Å²) in [6.45, 7) is 2.53. The van der Waals surface area contributed by atoms with Crippen LogP contribution < -0.4 is 16.0 Å². The molecular formula is C14H19N3O2. The van der Waals surface area contributed by atoms with Crippen LogP contribution in [0.4, 0.5) is 11.4 Å². The fourth-order valence-electron chi connectivity index (χ4n) is 1.70. The van der Waals surface area contributed by atoms with Crippen LogP contribution in [0, 0.1) is 5.92 Å². The quantitative estimate of drug-likeness (QED) is 0.728. The molecule has 5 heteroatoms. The second kappa shape index (κ2) is 6.22. The van der Waals surface area contributed by atoms with Gasteiger partial charge in [-0.25, -0.2) is 0 Å². The van der Waals surface area contributed by atoms with Gasteiger partial charge in [-0.2, -0.15) is 0 Å². The molecule has 0 saturated heterocycles. The number of nitrogens with one attached hydrogen (secondary N) is 3. The maximum absolute atomic E-state index is 11.5. The summed E-state index contributed by atoms with van der Waals surface area (Å²) in [7, 11) is 0. The van der Waals surface area contributed by atoms with Crippen LogP contribution >= 0.6 is 0 Å². The van der Waals surface area contributed by atoms with Crippen molar-refractivity contribution >= 4 is 23.2 Å². The first kappa shape index (κ1) is 13.4. The molecule has 3 N–H and O–H groups in total. The topological polar surface area (TPSA) is 70.2 Å². The van der Waals surface area contributed by atoms with Crippen molar-refractivity contribution in [3.8, 4) is 0 Å². The monoisotopic (exact) mass is 261 g/mol. The lowest BCUT2D eigenvalue weighted by Crippen LogP contribution is -2.31. The maximum Gasteiger partial charge on any atom is 0.239 e. The molecule has 0 aliphatic heterocycles. The van der Waals surface area contributed by atoms with Crippen LogP contribution in [0.3, 0.4) is 0 Å². The van der Waals surface area contributed by atoms with Crippen molar-refractivity contribution in [1.82, 2.24) is 5.32 Å². The SMILES string of the molecule is CC(=O)Nc1ccc(NCC(=O)NCC2CC2)cc1. The fraction of sp³-hybridized carbons (Fsp3) is 0.429. The molecule has 102 valence electrons. The molecule has 2 amide bonds. The van der Waals surface area contributed by atoms with Crippen molar-refractivity contribution in [2.45, 2.75) is 19.8 Å². The first-order chi connectivity index (χ1) is 9.13. The van der Waals surface area contributed by atoms with Crippen LogP contribution in [0.25, 0.3) is 0 Å². The number of amides is 2. The molecule has 1 saturated carbocycles. The van der Waals surface area contributed by atoms with E-state index in [0.29, 0.717) is 5.92 Å². The van der Waals surface area contributed by atoms with Gasteiger partial charge >= 0.3 is 0 Å². The summed E-state index contributed by atoms with van der Waals surface area (Å²) in [4.78, 5) is 22.4. The summed E-state index contributed by atoms with van der Waals surface area (Å²) >= 11 is 0. The summed E-state index contributed by atoms with van der Waals surface area (Å²) in [6.07, 6.45) is 2.47. The van der Waals surface area contributed by atoms with Crippen molar-refractivity contribution in [3.05, 3.63) is 24.3 Å². The molecule has 1 aliphatic carbocycles. The Labute approximate surface area is 112 Å². The van der Waals surface area contributed by atoms with Crippen LogP contribution in [0.15, 0.2) is 24.3 Å². The summed E-state index contributed by atoms with van der Waals surface area (Å²) in [5, 5.41) is 8.63. The van der Waals surface area contributed by atoms with E-state index < -0.39 is 0 Å². The lowest BCUT2D eigenvalue weighted by atomic mass is 10.2. The first-order valence-corrected chi connectivity index (χ1v) is 6.52. The molecule has 0 atom stereocenters. The molecule has 5 nitrogen and oxygen atoms in total. The molecule has 1 aromatic rings. The lowest BCUT2D eigenvalue weighted by Gasteiger charge is -2.08. The zero-order chi connectivity index (χ0) is 13.7. The summed E-state index contributed by atoms with van der Waals surface area (Å²) in [6, 6.07) is 7.26. The van der Waals surface area contributed by atoms with E-state index in [1.165, 1.54) is 19.8 Å². The largest absolute Gasteiger partial charge is 0.376 e. The number of carbonyl (C=O) groups excluding carboxylic acids is 2. The molecule has 0 bridgehead atoms. The van der Waals surface area contributed by atoms with Crippen LogP contribution in [-0.4, -0.2) is 24.9 Å². The first-order valence-electron chi connectivity index (χ1n) is 6.52. The zero-order valence-electron chi connectivity index (χ0n) is 11.0. The molecular weight excluding hydrogens is 242 g/mol. The third-order valence-corrected chi connectivity index (χ3v) is 2.94. The summed E-state index contributed by atoms with van der Waals surface area (Å²) < 4.78 is 0. The van der Waals surface area contributed by atoms with Gasteiger partial charge in [0.25, 0.3) is 0 Å². The highest BCUT2D eigenvalue weighted by atomic mass is 16.2. The van der Waals surface area contributed by atoms with Crippen molar-refractivity contribution < 1.29 is 9.59 Å².